The molecule has 0 bridgehead atoms. The SMILES string of the molecule is C[C@@]12CCCC(COC(=O)c3ccc(F)cc3)=C1C(=O)O[C@H]2c1ccoc1. The number of hydrogen-bond acceptors (Lipinski definition) is 5. The molecule has 0 radical (unpaired) electrons. The number of rotatable bonds is 4. The van der Waals surface area contributed by atoms with Crippen molar-refractivity contribution in [3.8, 4) is 0 Å². The van der Waals surface area contributed by atoms with Gasteiger partial charge >= 0.3 is 11.9 Å². The molecule has 1 aromatic heterocycles. The molecule has 0 amide bonds. The van der Waals surface area contributed by atoms with Crippen LogP contribution in [0.5, 0.6) is 0 Å². The second-order valence-electron chi connectivity index (χ2n) is 7.17. The van der Waals surface area contributed by atoms with Gasteiger partial charge in [-0.15, -0.1) is 0 Å². The van der Waals surface area contributed by atoms with Crippen LogP contribution in [0.1, 0.15) is 48.2 Å². The van der Waals surface area contributed by atoms with Crippen LogP contribution in [0.3, 0.4) is 0 Å². The molecule has 1 aromatic carbocycles. The number of carbonyl (C=O) groups excluding carboxylic acids is 2. The second-order valence-corrected chi connectivity index (χ2v) is 7.17. The van der Waals surface area contributed by atoms with E-state index in [-0.39, 0.29) is 18.1 Å². The molecule has 0 saturated carbocycles. The van der Waals surface area contributed by atoms with Crippen LogP contribution in [-0.4, -0.2) is 18.5 Å². The molecule has 140 valence electrons. The third-order valence-corrected chi connectivity index (χ3v) is 5.41. The second kappa shape index (κ2) is 6.68. The number of halogens is 1. The summed E-state index contributed by atoms with van der Waals surface area (Å²) in [6.45, 7) is 2.03. The molecule has 4 rings (SSSR count). The van der Waals surface area contributed by atoms with Crippen molar-refractivity contribution in [1.82, 2.24) is 0 Å². The molecule has 27 heavy (non-hydrogen) atoms. The van der Waals surface area contributed by atoms with E-state index < -0.39 is 23.3 Å². The van der Waals surface area contributed by atoms with Gasteiger partial charge in [-0.3, -0.25) is 0 Å². The van der Waals surface area contributed by atoms with Gasteiger partial charge in [-0.2, -0.15) is 0 Å². The quantitative estimate of drug-likeness (QED) is 0.748. The van der Waals surface area contributed by atoms with Crippen molar-refractivity contribution in [2.75, 3.05) is 6.61 Å². The van der Waals surface area contributed by atoms with E-state index in [1.807, 2.05) is 6.92 Å². The highest BCUT2D eigenvalue weighted by molar-refractivity contribution is 5.94. The molecule has 6 heteroatoms. The number of carbonyl (C=O) groups is 2. The third-order valence-electron chi connectivity index (χ3n) is 5.41. The lowest BCUT2D eigenvalue weighted by molar-refractivity contribution is -0.140. The van der Waals surface area contributed by atoms with E-state index in [9.17, 15) is 14.0 Å². The zero-order valence-corrected chi connectivity index (χ0v) is 14.9. The van der Waals surface area contributed by atoms with Crippen LogP contribution in [0, 0.1) is 11.2 Å². The molecule has 2 aromatic rings. The maximum atomic E-state index is 13.0. The average molecular weight is 370 g/mol. The van der Waals surface area contributed by atoms with E-state index in [0.717, 1.165) is 24.0 Å². The summed E-state index contributed by atoms with van der Waals surface area (Å²) in [5.41, 5.74) is 2.01. The Bertz CT molecular complexity index is 897. The lowest BCUT2D eigenvalue weighted by Crippen LogP contribution is -2.28. The van der Waals surface area contributed by atoms with Crippen LogP contribution in [0.2, 0.25) is 0 Å². The lowest BCUT2D eigenvalue weighted by atomic mass is 9.68. The van der Waals surface area contributed by atoms with Crippen molar-refractivity contribution in [2.24, 2.45) is 5.41 Å². The molecule has 1 aliphatic heterocycles. The Morgan fingerprint density at radius 1 is 1.30 bits per heavy atom. The summed E-state index contributed by atoms with van der Waals surface area (Å²) < 4.78 is 29.2. The summed E-state index contributed by atoms with van der Waals surface area (Å²) in [6, 6.07) is 6.97. The number of furan rings is 1. The summed E-state index contributed by atoms with van der Waals surface area (Å²) in [6.07, 6.45) is 5.10. The van der Waals surface area contributed by atoms with Crippen LogP contribution in [-0.2, 0) is 14.3 Å². The van der Waals surface area contributed by atoms with E-state index in [2.05, 4.69) is 0 Å². The Morgan fingerprint density at radius 3 is 2.78 bits per heavy atom. The minimum Gasteiger partial charge on any atom is -0.472 e. The first-order valence-corrected chi connectivity index (χ1v) is 8.87. The van der Waals surface area contributed by atoms with Crippen molar-refractivity contribution in [3.63, 3.8) is 0 Å². The third kappa shape index (κ3) is 3.05. The van der Waals surface area contributed by atoms with E-state index in [0.29, 0.717) is 12.0 Å². The molecular formula is C21H19FO5. The highest BCUT2D eigenvalue weighted by atomic mass is 19.1. The van der Waals surface area contributed by atoms with E-state index in [1.165, 1.54) is 24.3 Å². The number of fused-ring (bicyclic) bond motifs is 1. The summed E-state index contributed by atoms with van der Waals surface area (Å²) in [4.78, 5) is 24.8. The highest BCUT2D eigenvalue weighted by Gasteiger charge is 2.53. The van der Waals surface area contributed by atoms with Gasteiger partial charge < -0.3 is 13.9 Å². The number of cyclic esters (lactones) is 1. The van der Waals surface area contributed by atoms with Crippen LogP contribution < -0.4 is 0 Å². The zero-order chi connectivity index (χ0) is 19.0. The minimum absolute atomic E-state index is 0.0222. The Kier molecular flexibility index (Phi) is 4.34. The van der Waals surface area contributed by atoms with Gasteiger partial charge in [0.1, 0.15) is 18.5 Å². The summed E-state index contributed by atoms with van der Waals surface area (Å²) in [5, 5.41) is 0. The van der Waals surface area contributed by atoms with Crippen LogP contribution in [0.15, 0.2) is 58.4 Å². The standard InChI is InChI=1S/C21H19FO5/c1-21-9-2-3-14(12-26-19(23)13-4-6-16(22)7-5-13)17(21)20(24)27-18(21)15-8-10-25-11-15/h4-8,10-11,18H,2-3,9,12H2,1H3/t18-,21+/m0/s1. The van der Waals surface area contributed by atoms with Crippen LogP contribution >= 0.6 is 0 Å². The van der Waals surface area contributed by atoms with Gasteiger partial charge in [-0.25, -0.2) is 14.0 Å². The molecule has 0 N–H and O–H groups in total. The number of benzene rings is 1. The fourth-order valence-corrected chi connectivity index (χ4v) is 4.08. The van der Waals surface area contributed by atoms with Crippen molar-refractivity contribution in [1.29, 1.82) is 0 Å². The zero-order valence-electron chi connectivity index (χ0n) is 14.9. The molecule has 1 aliphatic carbocycles. The van der Waals surface area contributed by atoms with Gasteiger partial charge in [-0.05, 0) is 55.2 Å². The van der Waals surface area contributed by atoms with Crippen LogP contribution in [0.4, 0.5) is 4.39 Å². The summed E-state index contributed by atoms with van der Waals surface area (Å²) in [7, 11) is 0. The molecular weight excluding hydrogens is 351 g/mol. The first-order chi connectivity index (χ1) is 13.0. The Morgan fingerprint density at radius 2 is 2.07 bits per heavy atom. The number of hydrogen-bond donors (Lipinski definition) is 0. The van der Waals surface area contributed by atoms with Gasteiger partial charge in [0.2, 0.25) is 0 Å². The molecule has 2 heterocycles. The molecule has 1 fully saturated rings. The van der Waals surface area contributed by atoms with E-state index in [4.69, 9.17) is 13.9 Å². The Hall–Kier alpha value is -2.89. The van der Waals surface area contributed by atoms with Gasteiger partial charge in [0.15, 0.2) is 0 Å². The number of esters is 2. The minimum atomic E-state index is -0.548. The highest BCUT2D eigenvalue weighted by Crippen LogP contribution is 2.55. The Balaban J connectivity index is 1.57. The summed E-state index contributed by atoms with van der Waals surface area (Å²) in [5.74, 6) is -1.33. The van der Waals surface area contributed by atoms with Crippen molar-refractivity contribution in [3.05, 3.63) is 70.9 Å². The van der Waals surface area contributed by atoms with Crippen molar-refractivity contribution >= 4 is 11.9 Å². The van der Waals surface area contributed by atoms with Gasteiger partial charge in [0, 0.05) is 16.6 Å². The molecule has 0 spiro atoms. The molecule has 0 unspecified atom stereocenters. The lowest BCUT2D eigenvalue weighted by Gasteiger charge is -2.33. The maximum Gasteiger partial charge on any atom is 0.338 e. The number of ether oxygens (including phenoxy) is 2. The Labute approximate surface area is 155 Å². The van der Waals surface area contributed by atoms with E-state index in [1.54, 1.807) is 18.6 Å². The normalized spacial score (nSPS) is 24.5. The first-order valence-electron chi connectivity index (χ1n) is 8.87. The largest absolute Gasteiger partial charge is 0.472 e. The molecule has 1 saturated heterocycles. The fourth-order valence-electron chi connectivity index (χ4n) is 4.08. The van der Waals surface area contributed by atoms with Crippen LogP contribution in [0.25, 0.3) is 0 Å². The first kappa shape index (κ1) is 17.5. The topological polar surface area (TPSA) is 65.7 Å². The van der Waals surface area contributed by atoms with E-state index >= 15 is 0 Å². The van der Waals surface area contributed by atoms with Gasteiger partial charge in [0.25, 0.3) is 0 Å². The smallest absolute Gasteiger partial charge is 0.338 e. The molecule has 2 atom stereocenters. The predicted octanol–water partition coefficient (Wildman–Crippen LogP) is 4.36. The fraction of sp³-hybridized carbons (Fsp3) is 0.333. The monoisotopic (exact) mass is 370 g/mol. The van der Waals surface area contributed by atoms with Crippen molar-refractivity contribution < 1.29 is 27.9 Å². The summed E-state index contributed by atoms with van der Waals surface area (Å²) >= 11 is 0. The average Bonchev–Trinajstić information content (AvgIpc) is 3.26. The predicted molar refractivity (Wildman–Crippen MR) is 93.2 cm³/mol. The molecule has 5 nitrogen and oxygen atoms in total. The van der Waals surface area contributed by atoms with Gasteiger partial charge in [-0.1, -0.05) is 6.92 Å². The van der Waals surface area contributed by atoms with Gasteiger partial charge in [0.05, 0.1) is 18.1 Å². The molecule has 2 aliphatic rings. The van der Waals surface area contributed by atoms with Crippen molar-refractivity contribution in [2.45, 2.75) is 32.3 Å². The maximum absolute atomic E-state index is 13.0.